The Hall–Kier alpha value is -5.52. The minimum Gasteiger partial charge on any atom is -0.372 e. The van der Waals surface area contributed by atoms with E-state index in [1.165, 1.54) is 0 Å². The summed E-state index contributed by atoms with van der Waals surface area (Å²) < 4.78 is 0. The number of likely N-dealkylation sites (tertiary alicyclic amines) is 1. The number of piperidine rings is 1. The third-order valence-electron chi connectivity index (χ3n) is 11.1. The predicted molar refractivity (Wildman–Crippen MR) is 201 cm³/mol. The summed E-state index contributed by atoms with van der Waals surface area (Å²) in [4.78, 5) is 33.2. The number of carbonyl (C=O) groups is 2. The lowest BCUT2D eigenvalue weighted by atomic mass is 9.55. The minimum atomic E-state index is -1.32. The molecule has 1 unspecified atom stereocenters. The van der Waals surface area contributed by atoms with Gasteiger partial charge in [0.2, 0.25) is 0 Å². The average Bonchev–Trinajstić information content (AvgIpc) is 3.58. The number of hydrogen-bond acceptors (Lipinski definition) is 4. The van der Waals surface area contributed by atoms with Gasteiger partial charge in [0.25, 0.3) is 5.91 Å². The van der Waals surface area contributed by atoms with Gasteiger partial charge in [-0.05, 0) is 78.1 Å². The largest absolute Gasteiger partial charge is 0.372 e. The molecule has 8 rings (SSSR count). The molecule has 2 saturated heterocycles. The van der Waals surface area contributed by atoms with Crippen LogP contribution in [0.4, 0.5) is 5.69 Å². The molecule has 0 bridgehead atoms. The highest BCUT2D eigenvalue weighted by Gasteiger charge is 2.75. The second-order valence-electron chi connectivity index (χ2n) is 14.0. The number of para-hydroxylation sites is 1. The van der Waals surface area contributed by atoms with Crippen LogP contribution in [0.25, 0.3) is 12.2 Å². The van der Waals surface area contributed by atoms with Crippen LogP contribution < -0.4 is 10.6 Å². The number of nitrogens with zero attached hydrogens (tertiary/aromatic N) is 1. The standard InChI is InChI=1S/C45H41N3O2/c1-31-15-9-11-21-35(31)28-36-29-48(26-25-33-17-5-3-6-18-33)30-44(42(36)49)41(37-22-12-10-16-32(37)2)40(27-34-19-7-4-8-20-34)47-45(44)38-23-13-14-24-39(38)46-43(45)50/h3-26,28,40-41,47H,27,29-30H2,1-2H3,(H,46,50)/b26-25+,36-28+/t40-,41-,44-,45?/m1/s1. The van der Waals surface area contributed by atoms with Gasteiger partial charge in [-0.15, -0.1) is 0 Å². The van der Waals surface area contributed by atoms with Gasteiger partial charge < -0.3 is 10.2 Å². The van der Waals surface area contributed by atoms with Crippen molar-refractivity contribution in [1.29, 1.82) is 0 Å². The van der Waals surface area contributed by atoms with E-state index in [-0.39, 0.29) is 23.7 Å². The van der Waals surface area contributed by atoms with E-state index >= 15 is 4.79 Å². The Morgan fingerprint density at radius 3 is 2.18 bits per heavy atom. The van der Waals surface area contributed by atoms with E-state index in [0.29, 0.717) is 25.1 Å². The molecule has 2 fully saturated rings. The first-order valence-corrected chi connectivity index (χ1v) is 17.5. The van der Waals surface area contributed by atoms with Gasteiger partial charge in [0, 0.05) is 41.9 Å². The van der Waals surface area contributed by atoms with E-state index in [0.717, 1.165) is 44.6 Å². The van der Waals surface area contributed by atoms with Crippen LogP contribution in [0.1, 0.15) is 44.9 Å². The van der Waals surface area contributed by atoms with E-state index in [1.807, 2.05) is 60.7 Å². The predicted octanol–water partition coefficient (Wildman–Crippen LogP) is 8.07. The highest BCUT2D eigenvalue weighted by atomic mass is 16.2. The Labute approximate surface area is 294 Å². The summed E-state index contributed by atoms with van der Waals surface area (Å²) >= 11 is 0. The molecule has 0 saturated carbocycles. The normalized spacial score (nSPS) is 25.2. The van der Waals surface area contributed by atoms with Crippen molar-refractivity contribution in [3.05, 3.63) is 184 Å². The van der Waals surface area contributed by atoms with Gasteiger partial charge in [-0.3, -0.25) is 14.9 Å². The molecular weight excluding hydrogens is 615 g/mol. The highest BCUT2D eigenvalue weighted by Crippen LogP contribution is 2.63. The van der Waals surface area contributed by atoms with Crippen molar-refractivity contribution in [2.75, 3.05) is 18.4 Å². The summed E-state index contributed by atoms with van der Waals surface area (Å²) in [5.74, 6) is -0.486. The van der Waals surface area contributed by atoms with Crippen molar-refractivity contribution in [3.8, 4) is 0 Å². The summed E-state index contributed by atoms with van der Waals surface area (Å²) in [7, 11) is 0. The van der Waals surface area contributed by atoms with Gasteiger partial charge in [-0.1, -0.05) is 127 Å². The lowest BCUT2D eigenvalue weighted by Gasteiger charge is -2.50. The van der Waals surface area contributed by atoms with E-state index in [1.54, 1.807) is 0 Å². The van der Waals surface area contributed by atoms with Crippen LogP contribution in [0.3, 0.4) is 0 Å². The van der Waals surface area contributed by atoms with Crippen LogP contribution in [-0.4, -0.2) is 35.7 Å². The van der Waals surface area contributed by atoms with Crippen molar-refractivity contribution in [2.24, 2.45) is 5.41 Å². The van der Waals surface area contributed by atoms with Gasteiger partial charge >= 0.3 is 0 Å². The molecule has 5 nitrogen and oxygen atoms in total. The molecule has 2 N–H and O–H groups in total. The van der Waals surface area contributed by atoms with Crippen LogP contribution in [0.2, 0.25) is 0 Å². The number of rotatable bonds is 6. The monoisotopic (exact) mass is 655 g/mol. The zero-order chi connectivity index (χ0) is 34.3. The number of anilines is 1. The number of fused-ring (bicyclic) bond motifs is 3. The van der Waals surface area contributed by atoms with Gasteiger partial charge in [-0.2, -0.15) is 0 Å². The van der Waals surface area contributed by atoms with Gasteiger partial charge in [-0.25, -0.2) is 0 Å². The lowest BCUT2D eigenvalue weighted by molar-refractivity contribution is -0.141. The second-order valence-corrected chi connectivity index (χ2v) is 14.0. The van der Waals surface area contributed by atoms with Gasteiger partial charge in [0.05, 0.1) is 5.41 Å². The number of amides is 1. The first kappa shape index (κ1) is 31.7. The molecule has 0 aliphatic carbocycles. The molecule has 0 radical (unpaired) electrons. The molecule has 5 aromatic rings. The fourth-order valence-corrected chi connectivity index (χ4v) is 8.83. The number of carbonyl (C=O) groups excluding carboxylic acids is 2. The Balaban J connectivity index is 1.41. The second kappa shape index (κ2) is 12.7. The average molecular weight is 656 g/mol. The SMILES string of the molecule is Cc1ccccc1/C=C1\CN(/C=C/c2ccccc2)C[C@]2(C1=O)[C@H](c1ccccc1C)[C@@H](Cc1ccccc1)NC21C(=O)Nc2ccccc21. The minimum absolute atomic E-state index is 0.0216. The van der Waals surface area contributed by atoms with Gasteiger partial charge in [0.15, 0.2) is 5.78 Å². The van der Waals surface area contributed by atoms with Crippen molar-refractivity contribution < 1.29 is 9.59 Å². The first-order chi connectivity index (χ1) is 24.4. The lowest BCUT2D eigenvalue weighted by Crippen LogP contribution is -2.65. The summed E-state index contributed by atoms with van der Waals surface area (Å²) in [5, 5.41) is 7.20. The van der Waals surface area contributed by atoms with E-state index in [9.17, 15) is 4.79 Å². The molecule has 0 aromatic heterocycles. The number of hydrogen-bond donors (Lipinski definition) is 2. The number of Topliss-reactive ketones (excluding diaryl/α,β-unsaturated/α-hetero) is 1. The Morgan fingerprint density at radius 2 is 1.42 bits per heavy atom. The number of nitrogens with one attached hydrogen (secondary N) is 2. The number of aryl methyl sites for hydroxylation is 2. The summed E-state index contributed by atoms with van der Waals surface area (Å²) in [6.07, 6.45) is 6.94. The molecule has 3 aliphatic heterocycles. The smallest absolute Gasteiger partial charge is 0.250 e. The van der Waals surface area contributed by atoms with Crippen LogP contribution in [-0.2, 0) is 21.5 Å². The third kappa shape index (κ3) is 5.12. The molecule has 3 heterocycles. The molecule has 5 heteroatoms. The van der Waals surface area contributed by atoms with Crippen molar-refractivity contribution in [3.63, 3.8) is 0 Å². The summed E-state index contributed by atoms with van der Waals surface area (Å²) in [6.45, 7) is 5.00. The van der Waals surface area contributed by atoms with E-state index in [4.69, 9.17) is 0 Å². The molecular formula is C45H41N3O2. The molecule has 5 aromatic carbocycles. The quantitative estimate of drug-likeness (QED) is 0.182. The zero-order valence-corrected chi connectivity index (χ0v) is 28.5. The third-order valence-corrected chi connectivity index (χ3v) is 11.1. The Morgan fingerprint density at radius 1 is 0.760 bits per heavy atom. The molecule has 1 amide bonds. The zero-order valence-electron chi connectivity index (χ0n) is 28.5. The van der Waals surface area contributed by atoms with Crippen LogP contribution >= 0.6 is 0 Å². The Bertz CT molecular complexity index is 2140. The van der Waals surface area contributed by atoms with E-state index in [2.05, 4.69) is 121 Å². The Kier molecular flexibility index (Phi) is 8.08. The number of benzene rings is 5. The maximum absolute atomic E-state index is 16.0. The summed E-state index contributed by atoms with van der Waals surface area (Å²) in [6, 6.07) is 44.9. The number of ketones is 1. The fourth-order valence-electron chi connectivity index (χ4n) is 8.83. The van der Waals surface area contributed by atoms with Crippen LogP contribution in [0, 0.1) is 19.3 Å². The highest BCUT2D eigenvalue weighted by molar-refractivity contribution is 6.16. The molecule has 3 aliphatic rings. The molecule has 4 atom stereocenters. The fraction of sp³-hybridized carbons (Fsp3) is 0.200. The van der Waals surface area contributed by atoms with Crippen molar-refractivity contribution >= 4 is 29.5 Å². The van der Waals surface area contributed by atoms with Crippen molar-refractivity contribution in [1.82, 2.24) is 10.2 Å². The molecule has 248 valence electrons. The first-order valence-electron chi connectivity index (χ1n) is 17.5. The maximum atomic E-state index is 16.0. The molecule has 50 heavy (non-hydrogen) atoms. The van der Waals surface area contributed by atoms with Gasteiger partial charge in [0.1, 0.15) is 5.54 Å². The summed E-state index contributed by atoms with van der Waals surface area (Å²) in [5.41, 5.74) is 6.27. The maximum Gasteiger partial charge on any atom is 0.250 e. The van der Waals surface area contributed by atoms with Crippen molar-refractivity contribution in [2.45, 2.75) is 37.8 Å². The molecule has 2 spiro atoms. The van der Waals surface area contributed by atoms with Crippen LogP contribution in [0.5, 0.6) is 0 Å². The van der Waals surface area contributed by atoms with E-state index < -0.39 is 11.0 Å². The topological polar surface area (TPSA) is 61.4 Å². The van der Waals surface area contributed by atoms with Crippen LogP contribution in [0.15, 0.2) is 145 Å².